The van der Waals surface area contributed by atoms with Crippen LogP contribution < -0.4 is 4.31 Å². The van der Waals surface area contributed by atoms with Crippen molar-refractivity contribution in [1.29, 1.82) is 0 Å². The number of carbonyl (C=O) groups is 2. The molecule has 1 heterocycles. The maximum absolute atomic E-state index is 13.4. The van der Waals surface area contributed by atoms with Crippen LogP contribution in [0.3, 0.4) is 0 Å². The lowest BCUT2D eigenvalue weighted by molar-refractivity contribution is -0.140. The Kier molecular flexibility index (Phi) is 7.79. The molecule has 178 valence electrons. The first-order chi connectivity index (χ1) is 15.7. The quantitative estimate of drug-likeness (QED) is 0.565. The molecule has 7 nitrogen and oxygen atoms in total. The highest BCUT2D eigenvalue weighted by molar-refractivity contribution is 7.92. The van der Waals surface area contributed by atoms with E-state index in [2.05, 4.69) is 0 Å². The van der Waals surface area contributed by atoms with Gasteiger partial charge in [-0.15, -0.1) is 0 Å². The number of ether oxygens (including phenoxy) is 1. The fraction of sp³-hybridized carbons (Fsp3) is 0.440. The molecule has 8 heteroatoms. The van der Waals surface area contributed by atoms with E-state index >= 15 is 0 Å². The molecular formula is C25H32N2O5S. The number of para-hydroxylation sites is 1. The summed E-state index contributed by atoms with van der Waals surface area (Å²) < 4.78 is 33.4. The monoisotopic (exact) mass is 472 g/mol. The lowest BCUT2D eigenvalue weighted by atomic mass is 9.97. The standard InChI is InChI=1S/C25H32N2O5S/c1-5-26(22-12-7-6-8-13-22)33(30,31)23-16-21(15-14-18(23)2)25(29)32-17-24(28)27-19(3)10-9-11-20(27)4/h6-8,12-16,19-20H,5,9-11,17H2,1-4H3/t19-,20+. The molecule has 2 aromatic carbocycles. The van der Waals surface area contributed by atoms with Crippen LogP contribution in [0.2, 0.25) is 0 Å². The Labute approximate surface area is 196 Å². The van der Waals surface area contributed by atoms with Crippen molar-refractivity contribution in [3.8, 4) is 0 Å². The smallest absolute Gasteiger partial charge is 0.338 e. The van der Waals surface area contributed by atoms with Gasteiger partial charge in [-0.1, -0.05) is 24.3 Å². The number of anilines is 1. The number of carbonyl (C=O) groups excluding carboxylic acids is 2. The number of hydrogen-bond donors (Lipinski definition) is 0. The van der Waals surface area contributed by atoms with Crippen LogP contribution in [-0.2, 0) is 19.6 Å². The topological polar surface area (TPSA) is 84.0 Å². The number of amides is 1. The van der Waals surface area contributed by atoms with Crippen LogP contribution in [-0.4, -0.2) is 50.4 Å². The number of likely N-dealkylation sites (tertiary alicyclic amines) is 1. The second kappa shape index (κ2) is 10.4. The van der Waals surface area contributed by atoms with E-state index in [9.17, 15) is 18.0 Å². The molecule has 1 aliphatic heterocycles. The van der Waals surface area contributed by atoms with Crippen molar-refractivity contribution in [2.24, 2.45) is 0 Å². The molecule has 0 N–H and O–H groups in total. The van der Waals surface area contributed by atoms with Gasteiger partial charge in [-0.3, -0.25) is 9.10 Å². The zero-order valence-corrected chi connectivity index (χ0v) is 20.5. The minimum absolute atomic E-state index is 0.0345. The van der Waals surface area contributed by atoms with Crippen molar-refractivity contribution in [2.75, 3.05) is 17.5 Å². The molecule has 2 aromatic rings. The minimum Gasteiger partial charge on any atom is -0.452 e. The average Bonchev–Trinajstić information content (AvgIpc) is 2.78. The van der Waals surface area contributed by atoms with Crippen molar-refractivity contribution >= 4 is 27.6 Å². The van der Waals surface area contributed by atoms with Gasteiger partial charge < -0.3 is 9.64 Å². The van der Waals surface area contributed by atoms with E-state index in [1.165, 1.54) is 16.4 Å². The third-order valence-electron chi connectivity index (χ3n) is 6.13. The summed E-state index contributed by atoms with van der Waals surface area (Å²) in [5, 5.41) is 0. The molecule has 3 rings (SSSR count). The van der Waals surface area contributed by atoms with Gasteiger partial charge in [-0.25, -0.2) is 13.2 Å². The zero-order valence-electron chi connectivity index (χ0n) is 19.7. The Morgan fingerprint density at radius 3 is 2.30 bits per heavy atom. The van der Waals surface area contributed by atoms with Crippen LogP contribution in [0.1, 0.15) is 56.0 Å². The molecule has 0 saturated carbocycles. The first-order valence-corrected chi connectivity index (χ1v) is 12.8. The van der Waals surface area contributed by atoms with Crippen molar-refractivity contribution < 1.29 is 22.7 Å². The van der Waals surface area contributed by atoms with Crippen molar-refractivity contribution in [1.82, 2.24) is 4.90 Å². The van der Waals surface area contributed by atoms with E-state index in [1.54, 1.807) is 49.1 Å². The molecule has 1 amide bonds. The van der Waals surface area contributed by atoms with Crippen LogP contribution in [0.4, 0.5) is 5.69 Å². The predicted octanol–water partition coefficient (Wildman–Crippen LogP) is 4.16. The number of sulfonamides is 1. The fourth-order valence-corrected chi connectivity index (χ4v) is 6.13. The molecule has 0 aliphatic carbocycles. The van der Waals surface area contributed by atoms with E-state index in [0.717, 1.165) is 19.3 Å². The number of esters is 1. The van der Waals surface area contributed by atoms with E-state index in [-0.39, 0.29) is 41.6 Å². The first-order valence-electron chi connectivity index (χ1n) is 11.3. The predicted molar refractivity (Wildman–Crippen MR) is 128 cm³/mol. The van der Waals surface area contributed by atoms with Gasteiger partial charge in [-0.2, -0.15) is 0 Å². The first kappa shape index (κ1) is 24.8. The Hall–Kier alpha value is -2.87. The number of hydrogen-bond acceptors (Lipinski definition) is 5. The second-order valence-corrected chi connectivity index (χ2v) is 10.3. The molecule has 1 fully saturated rings. The molecule has 2 atom stereocenters. The molecule has 1 saturated heterocycles. The lowest BCUT2D eigenvalue weighted by Gasteiger charge is -2.38. The molecular weight excluding hydrogens is 440 g/mol. The van der Waals surface area contributed by atoms with Crippen LogP contribution in [0.15, 0.2) is 53.4 Å². The summed E-state index contributed by atoms with van der Waals surface area (Å²) >= 11 is 0. The number of aryl methyl sites for hydroxylation is 1. The molecule has 0 unspecified atom stereocenters. The van der Waals surface area contributed by atoms with Gasteiger partial charge in [0, 0.05) is 18.6 Å². The van der Waals surface area contributed by atoms with Crippen LogP contribution in [0.25, 0.3) is 0 Å². The van der Waals surface area contributed by atoms with Gasteiger partial charge >= 0.3 is 5.97 Å². The van der Waals surface area contributed by atoms with E-state index in [1.807, 2.05) is 19.9 Å². The SMILES string of the molecule is CCN(c1ccccc1)S(=O)(=O)c1cc(C(=O)OCC(=O)N2[C@H](C)CCC[C@@H]2C)ccc1C. The van der Waals surface area contributed by atoms with Crippen molar-refractivity contribution in [3.63, 3.8) is 0 Å². The average molecular weight is 473 g/mol. The van der Waals surface area contributed by atoms with Crippen LogP contribution >= 0.6 is 0 Å². The lowest BCUT2D eigenvalue weighted by Crippen LogP contribution is -2.49. The highest BCUT2D eigenvalue weighted by atomic mass is 32.2. The number of nitrogens with zero attached hydrogens (tertiary/aromatic N) is 2. The fourth-order valence-electron chi connectivity index (χ4n) is 4.41. The van der Waals surface area contributed by atoms with Crippen molar-refractivity contribution in [2.45, 2.75) is 63.9 Å². The Morgan fingerprint density at radius 2 is 1.70 bits per heavy atom. The summed E-state index contributed by atoms with van der Waals surface area (Å²) in [6.45, 7) is 7.31. The maximum atomic E-state index is 13.4. The van der Waals surface area contributed by atoms with Gasteiger partial charge in [0.1, 0.15) is 0 Å². The molecule has 33 heavy (non-hydrogen) atoms. The summed E-state index contributed by atoms with van der Waals surface area (Å²) in [5.74, 6) is -0.955. The second-order valence-electron chi connectivity index (χ2n) is 8.49. The number of benzene rings is 2. The van der Waals surface area contributed by atoms with Gasteiger partial charge in [0.2, 0.25) is 0 Å². The highest BCUT2D eigenvalue weighted by Gasteiger charge is 2.30. The molecule has 0 bridgehead atoms. The third kappa shape index (κ3) is 5.38. The summed E-state index contributed by atoms with van der Waals surface area (Å²) in [4.78, 5) is 27.2. The summed E-state index contributed by atoms with van der Waals surface area (Å²) in [6.07, 6.45) is 2.93. The summed E-state index contributed by atoms with van der Waals surface area (Å²) in [5.41, 5.74) is 1.16. The minimum atomic E-state index is -3.90. The third-order valence-corrected chi connectivity index (χ3v) is 8.18. The van der Waals surface area contributed by atoms with E-state index in [4.69, 9.17) is 4.74 Å². The molecule has 0 aromatic heterocycles. The molecule has 0 spiro atoms. The Balaban J connectivity index is 1.79. The van der Waals surface area contributed by atoms with E-state index in [0.29, 0.717) is 11.3 Å². The maximum Gasteiger partial charge on any atom is 0.338 e. The number of piperidine rings is 1. The van der Waals surface area contributed by atoms with Gasteiger partial charge in [0.05, 0.1) is 16.1 Å². The van der Waals surface area contributed by atoms with Gasteiger partial charge in [0.15, 0.2) is 6.61 Å². The zero-order chi connectivity index (χ0) is 24.2. The summed E-state index contributed by atoms with van der Waals surface area (Å²) in [6, 6.07) is 13.5. The Bertz CT molecular complexity index is 1090. The van der Waals surface area contributed by atoms with E-state index < -0.39 is 16.0 Å². The summed E-state index contributed by atoms with van der Waals surface area (Å²) in [7, 11) is -3.90. The number of rotatable bonds is 7. The van der Waals surface area contributed by atoms with Gasteiger partial charge in [0.25, 0.3) is 15.9 Å². The largest absolute Gasteiger partial charge is 0.452 e. The normalized spacial score (nSPS) is 18.6. The highest BCUT2D eigenvalue weighted by Crippen LogP contribution is 2.27. The Morgan fingerprint density at radius 1 is 1.06 bits per heavy atom. The van der Waals surface area contributed by atoms with Crippen LogP contribution in [0, 0.1) is 6.92 Å². The van der Waals surface area contributed by atoms with Gasteiger partial charge in [-0.05, 0) is 76.8 Å². The molecule has 0 radical (unpaired) electrons. The molecule has 1 aliphatic rings. The van der Waals surface area contributed by atoms with Crippen molar-refractivity contribution in [3.05, 3.63) is 59.7 Å². The van der Waals surface area contributed by atoms with Crippen LogP contribution in [0.5, 0.6) is 0 Å².